The smallest absolute Gasteiger partial charge is 0.338 e. The minimum Gasteiger partial charge on any atom is -0.494 e. The summed E-state index contributed by atoms with van der Waals surface area (Å²) in [5.74, 6) is 0.112. The number of ketones is 1. The van der Waals surface area contributed by atoms with Crippen molar-refractivity contribution < 1.29 is 19.1 Å². The van der Waals surface area contributed by atoms with Crippen molar-refractivity contribution in [3.63, 3.8) is 0 Å². The van der Waals surface area contributed by atoms with Crippen LogP contribution in [-0.2, 0) is 16.0 Å². The molecule has 1 aromatic carbocycles. The van der Waals surface area contributed by atoms with Gasteiger partial charge in [0.15, 0.2) is 0 Å². The van der Waals surface area contributed by atoms with Crippen LogP contribution in [-0.4, -0.2) is 30.3 Å². The highest BCUT2D eigenvalue weighted by Gasteiger charge is 2.18. The first-order valence-corrected chi connectivity index (χ1v) is 7.25. The number of esters is 1. The summed E-state index contributed by atoms with van der Waals surface area (Å²) in [5.41, 5.74) is 0.981. The average Bonchev–Trinajstić information content (AvgIpc) is 2.41. The fraction of sp³-hybridized carbons (Fsp3) is 0.429. The van der Waals surface area contributed by atoms with Crippen LogP contribution in [0.25, 0.3) is 0 Å². The zero-order valence-corrected chi connectivity index (χ0v) is 12.7. The van der Waals surface area contributed by atoms with Gasteiger partial charge in [0.2, 0.25) is 0 Å². The quantitative estimate of drug-likeness (QED) is 0.570. The minimum atomic E-state index is -0.429. The predicted molar refractivity (Wildman–Crippen MR) is 76.1 cm³/mol. The molecule has 104 valence electrons. The monoisotopic (exact) mass is 328 g/mol. The normalized spacial score (nSPS) is 10.1. The maximum absolute atomic E-state index is 11.9. The van der Waals surface area contributed by atoms with E-state index in [9.17, 15) is 9.59 Å². The molecule has 0 aliphatic carbocycles. The van der Waals surface area contributed by atoms with Gasteiger partial charge < -0.3 is 9.47 Å². The summed E-state index contributed by atoms with van der Waals surface area (Å²) in [7, 11) is 0. The fourth-order valence-electron chi connectivity index (χ4n) is 1.68. The zero-order chi connectivity index (χ0) is 14.3. The Hall–Kier alpha value is -1.36. The SMILES string of the molecule is CCOC(=O)c1cccc(OCC)c1CC(=O)CBr. The molecule has 0 saturated heterocycles. The second kappa shape index (κ2) is 7.94. The Morgan fingerprint density at radius 2 is 1.95 bits per heavy atom. The molecule has 0 atom stereocenters. The molecule has 0 bridgehead atoms. The van der Waals surface area contributed by atoms with Gasteiger partial charge in [-0.2, -0.15) is 0 Å². The van der Waals surface area contributed by atoms with Crippen LogP contribution in [0.1, 0.15) is 29.8 Å². The highest BCUT2D eigenvalue weighted by molar-refractivity contribution is 9.09. The van der Waals surface area contributed by atoms with E-state index < -0.39 is 5.97 Å². The zero-order valence-electron chi connectivity index (χ0n) is 11.1. The number of alkyl halides is 1. The number of benzene rings is 1. The van der Waals surface area contributed by atoms with Crippen LogP contribution in [0.15, 0.2) is 18.2 Å². The molecule has 0 fully saturated rings. The molecular formula is C14H17BrO4. The van der Waals surface area contributed by atoms with Crippen LogP contribution < -0.4 is 4.74 Å². The number of ether oxygens (including phenoxy) is 2. The molecule has 1 rings (SSSR count). The Balaban J connectivity index is 3.16. The molecule has 19 heavy (non-hydrogen) atoms. The Morgan fingerprint density at radius 1 is 1.21 bits per heavy atom. The van der Waals surface area contributed by atoms with Crippen molar-refractivity contribution in [1.29, 1.82) is 0 Å². The Morgan fingerprint density at radius 3 is 2.53 bits per heavy atom. The predicted octanol–water partition coefficient (Wildman–Crippen LogP) is 2.77. The second-order valence-corrected chi connectivity index (χ2v) is 4.35. The van der Waals surface area contributed by atoms with Gasteiger partial charge in [0.1, 0.15) is 11.5 Å². The molecule has 0 aliphatic rings. The van der Waals surface area contributed by atoms with Gasteiger partial charge in [0.05, 0.1) is 24.1 Å². The number of Topliss-reactive ketones (excluding diaryl/α,β-unsaturated/α-hetero) is 1. The van der Waals surface area contributed by atoms with E-state index in [0.29, 0.717) is 30.1 Å². The van der Waals surface area contributed by atoms with Crippen molar-refractivity contribution in [3.8, 4) is 5.75 Å². The molecule has 0 unspecified atom stereocenters. The Labute approximate surface area is 121 Å². The number of rotatable bonds is 7. The summed E-state index contributed by atoms with van der Waals surface area (Å²) in [6, 6.07) is 5.12. The molecule has 5 heteroatoms. The first-order valence-electron chi connectivity index (χ1n) is 6.13. The molecule has 0 spiro atoms. The highest BCUT2D eigenvalue weighted by Crippen LogP contribution is 2.24. The lowest BCUT2D eigenvalue weighted by Gasteiger charge is -2.13. The summed E-state index contributed by atoms with van der Waals surface area (Å²) in [6.45, 7) is 4.37. The van der Waals surface area contributed by atoms with E-state index in [4.69, 9.17) is 9.47 Å². The van der Waals surface area contributed by atoms with Crippen LogP contribution in [0, 0.1) is 0 Å². The van der Waals surface area contributed by atoms with Crippen LogP contribution in [0.5, 0.6) is 5.75 Å². The van der Waals surface area contributed by atoms with Gasteiger partial charge in [-0.15, -0.1) is 0 Å². The third-order valence-electron chi connectivity index (χ3n) is 2.45. The number of hydrogen-bond donors (Lipinski definition) is 0. The van der Waals surface area contributed by atoms with Gasteiger partial charge >= 0.3 is 5.97 Å². The molecule has 1 aromatic rings. The highest BCUT2D eigenvalue weighted by atomic mass is 79.9. The lowest BCUT2D eigenvalue weighted by molar-refractivity contribution is -0.115. The third-order valence-corrected chi connectivity index (χ3v) is 3.08. The van der Waals surface area contributed by atoms with Crippen molar-refractivity contribution in [2.45, 2.75) is 20.3 Å². The molecule has 0 aromatic heterocycles. The Kier molecular flexibility index (Phi) is 6.56. The second-order valence-electron chi connectivity index (χ2n) is 3.78. The third kappa shape index (κ3) is 4.35. The number of halogens is 1. The summed E-state index contributed by atoms with van der Waals surface area (Å²) in [4.78, 5) is 23.5. The van der Waals surface area contributed by atoms with Gasteiger partial charge in [-0.1, -0.05) is 22.0 Å². The van der Waals surface area contributed by atoms with E-state index in [1.165, 1.54) is 0 Å². The maximum Gasteiger partial charge on any atom is 0.338 e. The molecule has 0 aliphatic heterocycles. The number of hydrogen-bond acceptors (Lipinski definition) is 4. The average molecular weight is 329 g/mol. The number of carbonyl (C=O) groups is 2. The van der Waals surface area contributed by atoms with Gasteiger partial charge in [0.25, 0.3) is 0 Å². The number of carbonyl (C=O) groups excluding carboxylic acids is 2. The fourth-order valence-corrected chi connectivity index (χ4v) is 1.88. The molecule has 0 amide bonds. The van der Waals surface area contributed by atoms with Gasteiger partial charge in [0, 0.05) is 12.0 Å². The van der Waals surface area contributed by atoms with Gasteiger partial charge in [-0.25, -0.2) is 4.79 Å². The summed E-state index contributed by atoms with van der Waals surface area (Å²) in [5, 5.41) is 0.246. The molecular weight excluding hydrogens is 312 g/mol. The minimum absolute atomic E-state index is 0.0160. The first kappa shape index (κ1) is 15.7. The molecule has 4 nitrogen and oxygen atoms in total. The summed E-state index contributed by atoms with van der Waals surface area (Å²) < 4.78 is 10.5. The molecule has 0 N–H and O–H groups in total. The van der Waals surface area contributed by atoms with Crippen LogP contribution >= 0.6 is 15.9 Å². The van der Waals surface area contributed by atoms with Crippen molar-refractivity contribution >= 4 is 27.7 Å². The van der Waals surface area contributed by atoms with Crippen molar-refractivity contribution in [2.75, 3.05) is 18.5 Å². The van der Waals surface area contributed by atoms with Gasteiger partial charge in [-0.05, 0) is 26.0 Å². The van der Waals surface area contributed by atoms with Gasteiger partial charge in [-0.3, -0.25) is 4.79 Å². The lowest BCUT2D eigenvalue weighted by atomic mass is 10.0. The van der Waals surface area contributed by atoms with E-state index in [2.05, 4.69) is 15.9 Å². The summed E-state index contributed by atoms with van der Waals surface area (Å²) in [6.07, 6.45) is 0.148. The van der Waals surface area contributed by atoms with Crippen molar-refractivity contribution in [3.05, 3.63) is 29.3 Å². The standard InChI is InChI=1S/C14H17BrO4/c1-3-18-13-7-5-6-11(14(17)19-4-2)12(13)8-10(16)9-15/h5-7H,3-4,8-9H2,1-2H3. The molecule has 0 radical (unpaired) electrons. The largest absolute Gasteiger partial charge is 0.494 e. The van der Waals surface area contributed by atoms with E-state index in [-0.39, 0.29) is 17.5 Å². The van der Waals surface area contributed by atoms with E-state index >= 15 is 0 Å². The van der Waals surface area contributed by atoms with E-state index in [1.807, 2.05) is 6.92 Å². The topological polar surface area (TPSA) is 52.6 Å². The lowest BCUT2D eigenvalue weighted by Crippen LogP contribution is -2.13. The van der Waals surface area contributed by atoms with E-state index in [1.54, 1.807) is 25.1 Å². The maximum atomic E-state index is 11.9. The van der Waals surface area contributed by atoms with Crippen LogP contribution in [0.3, 0.4) is 0 Å². The first-order chi connectivity index (χ1) is 9.13. The molecule has 0 saturated carbocycles. The van der Waals surface area contributed by atoms with E-state index in [0.717, 1.165) is 0 Å². The van der Waals surface area contributed by atoms with Crippen LogP contribution in [0.4, 0.5) is 0 Å². The molecule has 0 heterocycles. The summed E-state index contributed by atoms with van der Waals surface area (Å²) >= 11 is 3.12. The Bertz CT molecular complexity index is 457. The van der Waals surface area contributed by atoms with Crippen molar-refractivity contribution in [2.24, 2.45) is 0 Å². The van der Waals surface area contributed by atoms with Crippen molar-refractivity contribution in [1.82, 2.24) is 0 Å². The van der Waals surface area contributed by atoms with Crippen LogP contribution in [0.2, 0.25) is 0 Å².